The van der Waals surface area contributed by atoms with Crippen LogP contribution in [0.25, 0.3) is 0 Å². The Morgan fingerprint density at radius 2 is 2.33 bits per heavy atom. The van der Waals surface area contributed by atoms with Crippen LogP contribution in [-0.4, -0.2) is 28.0 Å². The molecule has 0 aliphatic carbocycles. The van der Waals surface area contributed by atoms with Crippen molar-refractivity contribution >= 4 is 27.3 Å². The van der Waals surface area contributed by atoms with Gasteiger partial charge in [-0.05, 0) is 25.0 Å². The predicted octanol–water partition coefficient (Wildman–Crippen LogP) is 3.46. The lowest BCUT2D eigenvalue weighted by Gasteiger charge is -2.33. The molecule has 0 spiro atoms. The molecule has 2 aromatic rings. The van der Waals surface area contributed by atoms with Crippen LogP contribution in [0.15, 0.2) is 35.1 Å². The molecule has 1 unspecified atom stereocenters. The van der Waals surface area contributed by atoms with Crippen LogP contribution in [0.3, 0.4) is 0 Å². The number of nitro benzene ring substituents is 1. The van der Waals surface area contributed by atoms with Crippen molar-refractivity contribution in [3.63, 3.8) is 0 Å². The fourth-order valence-electron chi connectivity index (χ4n) is 2.82. The van der Waals surface area contributed by atoms with Crippen molar-refractivity contribution in [1.82, 2.24) is 9.97 Å². The zero-order valence-electron chi connectivity index (χ0n) is 11.3. The highest BCUT2D eigenvalue weighted by molar-refractivity contribution is 9.10. The van der Waals surface area contributed by atoms with E-state index in [1.807, 2.05) is 12.3 Å². The molecule has 0 radical (unpaired) electrons. The number of aromatic nitrogens is 2. The number of hydrogen-bond acceptors (Lipinski definition) is 4. The monoisotopic (exact) mass is 350 g/mol. The highest BCUT2D eigenvalue weighted by Gasteiger charge is 2.27. The van der Waals surface area contributed by atoms with E-state index in [0.29, 0.717) is 5.69 Å². The molecule has 1 aliphatic heterocycles. The van der Waals surface area contributed by atoms with E-state index < -0.39 is 0 Å². The molecular formula is C14H15BrN4O2. The van der Waals surface area contributed by atoms with Crippen molar-refractivity contribution in [2.45, 2.75) is 18.8 Å². The lowest BCUT2D eigenvalue weighted by atomic mass is 9.96. The second kappa shape index (κ2) is 5.85. The lowest BCUT2D eigenvalue weighted by molar-refractivity contribution is -0.384. The van der Waals surface area contributed by atoms with E-state index in [1.165, 1.54) is 0 Å². The molecule has 0 amide bonds. The van der Waals surface area contributed by atoms with Crippen LogP contribution < -0.4 is 4.90 Å². The molecule has 0 bridgehead atoms. The zero-order chi connectivity index (χ0) is 14.8. The van der Waals surface area contributed by atoms with Gasteiger partial charge in [0.05, 0.1) is 4.92 Å². The molecule has 110 valence electrons. The summed E-state index contributed by atoms with van der Waals surface area (Å²) < 4.78 is 0.850. The van der Waals surface area contributed by atoms with E-state index in [0.717, 1.165) is 36.2 Å². The molecule has 2 heterocycles. The molecule has 1 fully saturated rings. The molecule has 1 N–H and O–H groups in total. The lowest BCUT2D eigenvalue weighted by Crippen LogP contribution is -2.35. The van der Waals surface area contributed by atoms with Gasteiger partial charge >= 0.3 is 0 Å². The van der Waals surface area contributed by atoms with E-state index in [4.69, 9.17) is 0 Å². The first-order valence-electron chi connectivity index (χ1n) is 6.83. The normalized spacial score (nSPS) is 18.7. The third-order valence-corrected chi connectivity index (χ3v) is 4.30. The smallest absolute Gasteiger partial charge is 0.292 e. The van der Waals surface area contributed by atoms with Gasteiger partial charge in [-0.2, -0.15) is 0 Å². The van der Waals surface area contributed by atoms with E-state index in [2.05, 4.69) is 30.8 Å². The number of nitrogens with one attached hydrogen (secondary N) is 1. The number of nitrogens with zero attached hydrogens (tertiary/aromatic N) is 3. The van der Waals surface area contributed by atoms with E-state index in [1.54, 1.807) is 18.3 Å². The number of H-pyrrole nitrogens is 1. The molecule has 3 rings (SSSR count). The minimum Gasteiger partial charge on any atom is -0.365 e. The molecule has 1 aromatic heterocycles. The molecule has 6 nitrogen and oxygen atoms in total. The van der Waals surface area contributed by atoms with E-state index in [-0.39, 0.29) is 16.5 Å². The van der Waals surface area contributed by atoms with Crippen molar-refractivity contribution in [3.05, 3.63) is 51.0 Å². The first kappa shape index (κ1) is 14.1. The molecule has 1 aliphatic rings. The SMILES string of the molecule is O=[N+]([O-])c1ccc(Br)cc1N1CCCC(c2ncc[nH]2)C1. The second-order valence-corrected chi connectivity index (χ2v) is 6.07. The standard InChI is InChI=1S/C14H15BrN4O2/c15-11-3-4-12(19(20)21)13(8-11)18-7-1-2-10(9-18)14-16-5-6-17-14/h3-6,8,10H,1-2,7,9H2,(H,16,17). The first-order valence-corrected chi connectivity index (χ1v) is 7.62. The molecular weight excluding hydrogens is 336 g/mol. The fourth-order valence-corrected chi connectivity index (χ4v) is 3.17. The fraction of sp³-hybridized carbons (Fsp3) is 0.357. The maximum Gasteiger partial charge on any atom is 0.292 e. The van der Waals surface area contributed by atoms with Gasteiger partial charge in [-0.1, -0.05) is 15.9 Å². The van der Waals surface area contributed by atoms with Gasteiger partial charge in [-0.15, -0.1) is 0 Å². The molecule has 21 heavy (non-hydrogen) atoms. The summed E-state index contributed by atoms with van der Waals surface area (Å²) in [7, 11) is 0. The average molecular weight is 351 g/mol. The Kier molecular flexibility index (Phi) is 3.92. The van der Waals surface area contributed by atoms with Crippen molar-refractivity contribution < 1.29 is 4.92 Å². The number of anilines is 1. The number of nitro groups is 1. The van der Waals surface area contributed by atoms with Crippen LogP contribution in [0, 0.1) is 10.1 Å². The Labute approximate surface area is 130 Å². The van der Waals surface area contributed by atoms with Gasteiger partial charge in [-0.25, -0.2) is 4.98 Å². The maximum absolute atomic E-state index is 11.2. The van der Waals surface area contributed by atoms with Crippen LogP contribution in [0.5, 0.6) is 0 Å². The van der Waals surface area contributed by atoms with Crippen LogP contribution in [0.2, 0.25) is 0 Å². The van der Waals surface area contributed by atoms with Crippen molar-refractivity contribution in [2.75, 3.05) is 18.0 Å². The van der Waals surface area contributed by atoms with Gasteiger partial charge in [0.2, 0.25) is 0 Å². The topological polar surface area (TPSA) is 75.1 Å². The summed E-state index contributed by atoms with van der Waals surface area (Å²) in [6.45, 7) is 1.57. The number of piperidine rings is 1. The van der Waals surface area contributed by atoms with Gasteiger partial charge in [-0.3, -0.25) is 10.1 Å². The van der Waals surface area contributed by atoms with Gasteiger partial charge in [0, 0.05) is 41.9 Å². The van der Waals surface area contributed by atoms with Crippen molar-refractivity contribution in [3.8, 4) is 0 Å². The number of benzene rings is 1. The minimum absolute atomic E-state index is 0.151. The summed E-state index contributed by atoms with van der Waals surface area (Å²) in [5.41, 5.74) is 0.823. The second-order valence-electron chi connectivity index (χ2n) is 5.15. The van der Waals surface area contributed by atoms with Gasteiger partial charge in [0.15, 0.2) is 0 Å². The highest BCUT2D eigenvalue weighted by Crippen LogP contribution is 2.35. The Morgan fingerprint density at radius 1 is 1.48 bits per heavy atom. The number of hydrogen-bond donors (Lipinski definition) is 1. The zero-order valence-corrected chi connectivity index (χ0v) is 12.9. The largest absolute Gasteiger partial charge is 0.365 e. The molecule has 1 atom stereocenters. The Hall–Kier alpha value is -1.89. The van der Waals surface area contributed by atoms with Gasteiger partial charge in [0.1, 0.15) is 11.5 Å². The van der Waals surface area contributed by atoms with Crippen molar-refractivity contribution in [1.29, 1.82) is 0 Å². The van der Waals surface area contributed by atoms with Crippen LogP contribution in [-0.2, 0) is 0 Å². The Morgan fingerprint density at radius 3 is 3.05 bits per heavy atom. The Bertz CT molecular complexity index is 644. The third-order valence-electron chi connectivity index (χ3n) is 3.80. The summed E-state index contributed by atoms with van der Waals surface area (Å²) in [5.74, 6) is 1.24. The average Bonchev–Trinajstić information content (AvgIpc) is 3.01. The number of rotatable bonds is 3. The summed E-state index contributed by atoms with van der Waals surface area (Å²) in [6, 6.07) is 5.08. The maximum atomic E-state index is 11.2. The van der Waals surface area contributed by atoms with Gasteiger partial charge in [0.25, 0.3) is 5.69 Å². The number of halogens is 1. The molecule has 1 aromatic carbocycles. The third kappa shape index (κ3) is 2.92. The highest BCUT2D eigenvalue weighted by atomic mass is 79.9. The summed E-state index contributed by atoms with van der Waals surface area (Å²) in [6.07, 6.45) is 5.60. The number of imidazole rings is 1. The minimum atomic E-state index is -0.321. The van der Waals surface area contributed by atoms with Crippen LogP contribution in [0.1, 0.15) is 24.6 Å². The Balaban J connectivity index is 1.89. The van der Waals surface area contributed by atoms with Crippen LogP contribution in [0.4, 0.5) is 11.4 Å². The quantitative estimate of drug-likeness (QED) is 0.679. The van der Waals surface area contributed by atoms with Gasteiger partial charge < -0.3 is 9.88 Å². The molecule has 0 saturated carbocycles. The van der Waals surface area contributed by atoms with Crippen LogP contribution >= 0.6 is 15.9 Å². The van der Waals surface area contributed by atoms with Crippen molar-refractivity contribution in [2.24, 2.45) is 0 Å². The van der Waals surface area contributed by atoms with E-state index in [9.17, 15) is 10.1 Å². The van der Waals surface area contributed by atoms with E-state index >= 15 is 0 Å². The summed E-state index contributed by atoms with van der Waals surface area (Å²) in [4.78, 5) is 20.5. The summed E-state index contributed by atoms with van der Waals surface area (Å²) >= 11 is 3.40. The molecule has 1 saturated heterocycles. The first-order chi connectivity index (χ1) is 10.1. The summed E-state index contributed by atoms with van der Waals surface area (Å²) in [5, 5.41) is 11.2. The predicted molar refractivity (Wildman–Crippen MR) is 83.6 cm³/mol. The number of aromatic amines is 1. The molecule has 7 heteroatoms.